The Labute approximate surface area is 127 Å². The molecule has 0 spiro atoms. The molecular weight excluding hydrogens is 376 g/mol. The Morgan fingerprint density at radius 3 is 2.68 bits per heavy atom. The molecule has 9 heteroatoms. The number of aromatic nitrogens is 1. The van der Waals surface area contributed by atoms with Gasteiger partial charge in [-0.1, -0.05) is 11.6 Å². The molecule has 2 rings (SSSR count). The van der Waals surface area contributed by atoms with Gasteiger partial charge < -0.3 is 0 Å². The number of nitrogens with one attached hydrogen (secondary N) is 1. The van der Waals surface area contributed by atoms with Crippen molar-refractivity contribution in [1.29, 1.82) is 0 Å². The van der Waals surface area contributed by atoms with E-state index in [2.05, 4.69) is 25.6 Å². The van der Waals surface area contributed by atoms with Gasteiger partial charge in [0.1, 0.15) is 10.0 Å². The van der Waals surface area contributed by atoms with Crippen LogP contribution in [-0.2, 0) is 20.8 Å². The monoisotopic (exact) mass is 386 g/mol. The molecule has 0 aliphatic carbocycles. The van der Waals surface area contributed by atoms with Crippen LogP contribution in [0.4, 0.5) is 0 Å². The normalized spacial score (nSPS) is 24.3. The summed E-state index contributed by atoms with van der Waals surface area (Å²) in [7, 11) is -4.53. The van der Waals surface area contributed by atoms with Gasteiger partial charge in [-0.25, -0.2) is 18.1 Å². The fourth-order valence-electron chi connectivity index (χ4n) is 1.79. The van der Waals surface area contributed by atoms with Crippen molar-refractivity contribution in [3.8, 4) is 0 Å². The lowest BCUT2D eigenvalue weighted by Crippen LogP contribution is -2.39. The van der Waals surface area contributed by atoms with Gasteiger partial charge >= 0.3 is 0 Å². The van der Waals surface area contributed by atoms with Crippen molar-refractivity contribution in [2.75, 3.05) is 11.5 Å². The maximum Gasteiger partial charge on any atom is 0.243 e. The van der Waals surface area contributed by atoms with Crippen molar-refractivity contribution >= 4 is 48.4 Å². The van der Waals surface area contributed by atoms with E-state index in [0.29, 0.717) is 28.8 Å². The van der Waals surface area contributed by atoms with Crippen LogP contribution in [-0.4, -0.2) is 35.2 Å². The van der Waals surface area contributed by atoms with Gasteiger partial charge in [0.2, 0.25) is 10.0 Å². The average molecular weight is 388 g/mol. The van der Waals surface area contributed by atoms with Crippen LogP contribution in [0.25, 0.3) is 0 Å². The lowest BCUT2D eigenvalue weighted by molar-refractivity contribution is 0.521. The molecule has 0 atom stereocenters. The second-order valence-corrected chi connectivity index (χ2v) is 8.84. The zero-order valence-electron chi connectivity index (χ0n) is 9.80. The first-order valence-electron chi connectivity index (χ1n) is 5.57. The topological polar surface area (TPSA) is 76.1 Å². The van der Waals surface area contributed by atoms with Crippen LogP contribution in [0.15, 0.2) is 21.6 Å². The highest BCUT2D eigenvalue weighted by Crippen LogP contribution is 2.23. The maximum absolute atomic E-state index is 12.2. The summed E-state index contributed by atoms with van der Waals surface area (Å²) < 4.78 is 38.8. The van der Waals surface area contributed by atoms with Crippen LogP contribution in [0.2, 0.25) is 5.15 Å². The predicted molar refractivity (Wildman–Crippen MR) is 78.2 cm³/mol. The Kier molecular flexibility index (Phi) is 4.99. The molecule has 0 saturated carbocycles. The van der Waals surface area contributed by atoms with Crippen LogP contribution < -0.4 is 4.72 Å². The van der Waals surface area contributed by atoms with Crippen molar-refractivity contribution in [3.05, 3.63) is 21.9 Å². The zero-order valence-corrected chi connectivity index (χ0v) is 13.8. The Morgan fingerprint density at radius 2 is 2.05 bits per heavy atom. The van der Waals surface area contributed by atoms with E-state index < -0.39 is 20.8 Å². The van der Waals surface area contributed by atoms with Crippen molar-refractivity contribution < 1.29 is 12.6 Å². The van der Waals surface area contributed by atoms with Crippen molar-refractivity contribution in [3.63, 3.8) is 0 Å². The third-order valence-electron chi connectivity index (χ3n) is 2.77. The van der Waals surface area contributed by atoms with E-state index in [1.807, 2.05) is 0 Å². The minimum absolute atomic E-state index is 0.0461. The van der Waals surface area contributed by atoms with Gasteiger partial charge in [-0.2, -0.15) is 0 Å². The molecule has 0 unspecified atom stereocenters. The summed E-state index contributed by atoms with van der Waals surface area (Å²) in [6, 6.07) is 1.22. The first-order chi connectivity index (χ1) is 8.88. The summed E-state index contributed by atoms with van der Waals surface area (Å²) in [4.78, 5) is 3.75. The molecule has 0 amide bonds. The van der Waals surface area contributed by atoms with E-state index in [4.69, 9.17) is 11.6 Å². The van der Waals surface area contributed by atoms with Gasteiger partial charge in [0, 0.05) is 39.0 Å². The highest BCUT2D eigenvalue weighted by atomic mass is 79.9. The molecule has 0 bridgehead atoms. The van der Waals surface area contributed by atoms with Gasteiger partial charge in [0.25, 0.3) is 0 Å². The molecule has 19 heavy (non-hydrogen) atoms. The zero-order chi connectivity index (χ0) is 14.0. The Balaban J connectivity index is 2.18. The number of halogens is 2. The molecular formula is C10H12BrClN2O3S2. The third-order valence-corrected chi connectivity index (χ3v) is 6.54. The summed E-state index contributed by atoms with van der Waals surface area (Å²) in [5.74, 6) is 1.05. The standard InChI is InChI=1S/C10H12BrClN2O3S2/c11-7-5-9(10(12)13-6-7)19(16,17)14-8-1-3-18(15)4-2-8/h5-6,8,14H,1-4H2. The molecule has 2 heterocycles. The summed E-state index contributed by atoms with van der Waals surface area (Å²) in [5, 5.41) is -0.0601. The third kappa shape index (κ3) is 3.98. The molecule has 1 aromatic rings. The van der Waals surface area contributed by atoms with Crippen molar-refractivity contribution in [2.45, 2.75) is 23.8 Å². The Hall–Kier alpha value is -0.0200. The molecule has 1 fully saturated rings. The van der Waals surface area contributed by atoms with E-state index >= 15 is 0 Å². The number of hydrogen-bond donors (Lipinski definition) is 1. The second-order valence-electron chi connectivity index (χ2n) is 4.19. The first kappa shape index (κ1) is 15.4. The molecule has 0 aromatic carbocycles. The summed E-state index contributed by atoms with van der Waals surface area (Å²) in [6.45, 7) is 0. The summed E-state index contributed by atoms with van der Waals surface area (Å²) >= 11 is 8.99. The van der Waals surface area contributed by atoms with E-state index in [1.165, 1.54) is 12.3 Å². The fourth-order valence-corrected chi connectivity index (χ4v) is 5.33. The van der Waals surface area contributed by atoms with Crippen LogP contribution in [0.3, 0.4) is 0 Å². The lowest BCUT2D eigenvalue weighted by atomic mass is 10.2. The minimum Gasteiger partial charge on any atom is -0.260 e. The molecule has 1 aliphatic heterocycles. The smallest absolute Gasteiger partial charge is 0.243 e. The van der Waals surface area contributed by atoms with Crippen LogP contribution in [0, 0.1) is 0 Å². The number of rotatable bonds is 3. The Bertz CT molecular complexity index is 599. The van der Waals surface area contributed by atoms with Gasteiger partial charge in [-0.15, -0.1) is 0 Å². The minimum atomic E-state index is -3.70. The van der Waals surface area contributed by atoms with Gasteiger partial charge in [0.05, 0.1) is 0 Å². The highest BCUT2D eigenvalue weighted by Gasteiger charge is 2.26. The highest BCUT2D eigenvalue weighted by molar-refractivity contribution is 9.10. The summed E-state index contributed by atoms with van der Waals surface area (Å²) in [5.41, 5.74) is 0. The fraction of sp³-hybridized carbons (Fsp3) is 0.500. The van der Waals surface area contributed by atoms with E-state index in [0.717, 1.165) is 0 Å². The van der Waals surface area contributed by atoms with Gasteiger partial charge in [-0.3, -0.25) is 4.21 Å². The van der Waals surface area contributed by atoms with E-state index in [1.54, 1.807) is 0 Å². The number of hydrogen-bond acceptors (Lipinski definition) is 4. The molecule has 1 aromatic heterocycles. The molecule has 0 radical (unpaired) electrons. The first-order valence-corrected chi connectivity index (χ1v) is 9.71. The number of nitrogens with zero attached hydrogens (tertiary/aromatic N) is 1. The summed E-state index contributed by atoms with van der Waals surface area (Å²) in [6.07, 6.45) is 2.58. The van der Waals surface area contributed by atoms with Crippen LogP contribution in [0.5, 0.6) is 0 Å². The molecule has 1 N–H and O–H groups in total. The molecule has 1 saturated heterocycles. The quantitative estimate of drug-likeness (QED) is 0.801. The predicted octanol–water partition coefficient (Wildman–Crippen LogP) is 1.69. The molecule has 1 aliphatic rings. The largest absolute Gasteiger partial charge is 0.260 e. The SMILES string of the molecule is O=S1CCC(NS(=O)(=O)c2cc(Br)cnc2Cl)CC1. The van der Waals surface area contributed by atoms with Crippen LogP contribution in [0.1, 0.15) is 12.8 Å². The average Bonchev–Trinajstić information content (AvgIpc) is 2.35. The van der Waals surface area contributed by atoms with E-state index in [9.17, 15) is 12.6 Å². The lowest BCUT2D eigenvalue weighted by Gasteiger charge is -2.22. The molecule has 106 valence electrons. The second kappa shape index (κ2) is 6.17. The van der Waals surface area contributed by atoms with E-state index in [-0.39, 0.29) is 16.1 Å². The number of pyridine rings is 1. The maximum atomic E-state index is 12.2. The van der Waals surface area contributed by atoms with Crippen molar-refractivity contribution in [1.82, 2.24) is 9.71 Å². The van der Waals surface area contributed by atoms with Crippen molar-refractivity contribution in [2.24, 2.45) is 0 Å². The molecule has 5 nitrogen and oxygen atoms in total. The van der Waals surface area contributed by atoms with Crippen LogP contribution >= 0.6 is 27.5 Å². The van der Waals surface area contributed by atoms with Gasteiger partial charge in [0.15, 0.2) is 0 Å². The Morgan fingerprint density at radius 1 is 1.42 bits per heavy atom. The number of sulfonamides is 1. The van der Waals surface area contributed by atoms with Gasteiger partial charge in [-0.05, 0) is 34.8 Å².